The molecule has 0 N–H and O–H groups in total. The standard InChI is InChI=1S/C10H3F5O3/c1-2-3(16)18-10(17)4-5(11)7(13)9(15)8(14)6(4)12/h2H,1H2. The second kappa shape index (κ2) is 4.94. The van der Waals surface area contributed by atoms with E-state index in [1.54, 1.807) is 0 Å². The third-order valence-corrected chi connectivity index (χ3v) is 1.77. The first-order valence-electron chi connectivity index (χ1n) is 4.21. The highest BCUT2D eigenvalue weighted by atomic mass is 19.2. The molecule has 1 aromatic rings. The minimum Gasteiger partial charge on any atom is -0.386 e. The van der Waals surface area contributed by atoms with Gasteiger partial charge in [-0.1, -0.05) is 6.58 Å². The Hall–Kier alpha value is -2.25. The SMILES string of the molecule is C=CC(=O)OC(=O)c1c(F)c(F)c(F)c(F)c1F. The van der Waals surface area contributed by atoms with Crippen LogP contribution in [-0.4, -0.2) is 11.9 Å². The summed E-state index contributed by atoms with van der Waals surface area (Å²) in [6, 6.07) is 0. The Morgan fingerprint density at radius 2 is 1.28 bits per heavy atom. The number of hydrogen-bond donors (Lipinski definition) is 0. The summed E-state index contributed by atoms with van der Waals surface area (Å²) < 4.78 is 67.9. The van der Waals surface area contributed by atoms with Crippen LogP contribution in [-0.2, 0) is 9.53 Å². The van der Waals surface area contributed by atoms with Gasteiger partial charge in [0.2, 0.25) is 5.82 Å². The van der Waals surface area contributed by atoms with Crippen molar-refractivity contribution in [2.45, 2.75) is 0 Å². The van der Waals surface area contributed by atoms with Crippen LogP contribution in [0, 0.1) is 29.1 Å². The largest absolute Gasteiger partial charge is 0.386 e. The fourth-order valence-corrected chi connectivity index (χ4v) is 0.968. The van der Waals surface area contributed by atoms with E-state index in [9.17, 15) is 31.5 Å². The fourth-order valence-electron chi connectivity index (χ4n) is 0.968. The van der Waals surface area contributed by atoms with E-state index in [0.29, 0.717) is 6.08 Å². The molecule has 0 atom stereocenters. The van der Waals surface area contributed by atoms with E-state index in [2.05, 4.69) is 11.3 Å². The van der Waals surface area contributed by atoms with Gasteiger partial charge < -0.3 is 4.74 Å². The van der Waals surface area contributed by atoms with Gasteiger partial charge in [0, 0.05) is 6.08 Å². The van der Waals surface area contributed by atoms with Crippen molar-refractivity contribution >= 4 is 11.9 Å². The zero-order valence-electron chi connectivity index (χ0n) is 8.40. The number of carbonyl (C=O) groups is 2. The number of ether oxygens (including phenoxy) is 1. The van der Waals surface area contributed by atoms with Crippen molar-refractivity contribution in [2.75, 3.05) is 0 Å². The Labute approximate surface area is 96.5 Å². The minimum absolute atomic E-state index is 0.476. The summed E-state index contributed by atoms with van der Waals surface area (Å²) in [6.07, 6.45) is 0.476. The molecular weight excluding hydrogens is 263 g/mol. The average molecular weight is 266 g/mol. The first kappa shape index (κ1) is 13.8. The molecule has 1 rings (SSSR count). The second-order valence-corrected chi connectivity index (χ2v) is 2.86. The molecule has 1 aromatic carbocycles. The maximum atomic E-state index is 13.0. The van der Waals surface area contributed by atoms with Crippen LogP contribution in [0.25, 0.3) is 0 Å². The highest BCUT2D eigenvalue weighted by Crippen LogP contribution is 2.23. The normalized spacial score (nSPS) is 10.1. The first-order valence-corrected chi connectivity index (χ1v) is 4.21. The summed E-state index contributed by atoms with van der Waals surface area (Å²) in [5.74, 6) is -15.2. The number of carbonyl (C=O) groups excluding carboxylic acids is 2. The van der Waals surface area contributed by atoms with Crippen LogP contribution in [0.4, 0.5) is 22.0 Å². The summed E-state index contributed by atoms with van der Waals surface area (Å²) in [4.78, 5) is 21.6. The number of rotatable bonds is 2. The number of halogens is 5. The van der Waals surface area contributed by atoms with Gasteiger partial charge in [0.15, 0.2) is 23.3 Å². The lowest BCUT2D eigenvalue weighted by atomic mass is 10.1. The lowest BCUT2D eigenvalue weighted by molar-refractivity contribution is -0.132. The van der Waals surface area contributed by atoms with Gasteiger partial charge in [-0.2, -0.15) is 0 Å². The van der Waals surface area contributed by atoms with Crippen molar-refractivity contribution in [3.63, 3.8) is 0 Å². The quantitative estimate of drug-likeness (QED) is 0.206. The average Bonchev–Trinajstić information content (AvgIpc) is 2.34. The van der Waals surface area contributed by atoms with E-state index < -0.39 is 46.6 Å². The predicted molar refractivity (Wildman–Crippen MR) is 46.9 cm³/mol. The smallest absolute Gasteiger partial charge is 0.352 e. The van der Waals surface area contributed by atoms with E-state index in [0.717, 1.165) is 0 Å². The molecule has 0 aliphatic carbocycles. The Bertz CT molecular complexity index is 524. The molecule has 0 heterocycles. The van der Waals surface area contributed by atoms with Crippen LogP contribution >= 0.6 is 0 Å². The molecule has 0 aliphatic rings. The van der Waals surface area contributed by atoms with Crippen molar-refractivity contribution in [3.05, 3.63) is 47.3 Å². The third-order valence-electron chi connectivity index (χ3n) is 1.77. The maximum Gasteiger partial charge on any atom is 0.352 e. The minimum atomic E-state index is -2.42. The molecule has 0 saturated heterocycles. The highest BCUT2D eigenvalue weighted by molar-refractivity contribution is 6.00. The van der Waals surface area contributed by atoms with Crippen LogP contribution in [0.5, 0.6) is 0 Å². The van der Waals surface area contributed by atoms with Gasteiger partial charge in [-0.25, -0.2) is 31.5 Å². The molecule has 0 saturated carbocycles. The van der Waals surface area contributed by atoms with E-state index in [1.807, 2.05) is 0 Å². The highest BCUT2D eigenvalue weighted by Gasteiger charge is 2.31. The molecule has 0 aromatic heterocycles. The van der Waals surface area contributed by atoms with Crippen LogP contribution < -0.4 is 0 Å². The van der Waals surface area contributed by atoms with E-state index in [1.165, 1.54) is 0 Å². The van der Waals surface area contributed by atoms with Gasteiger partial charge in [-0.05, 0) is 0 Å². The fraction of sp³-hybridized carbons (Fsp3) is 0. The first-order chi connectivity index (χ1) is 8.31. The number of hydrogen-bond acceptors (Lipinski definition) is 3. The Morgan fingerprint density at radius 3 is 1.67 bits per heavy atom. The molecule has 0 spiro atoms. The molecule has 8 heteroatoms. The van der Waals surface area contributed by atoms with Gasteiger partial charge in [-0.3, -0.25) is 0 Å². The molecule has 0 unspecified atom stereocenters. The van der Waals surface area contributed by atoms with Gasteiger partial charge in [-0.15, -0.1) is 0 Å². The van der Waals surface area contributed by atoms with Crippen LogP contribution in [0.1, 0.15) is 10.4 Å². The molecule has 0 fully saturated rings. The second-order valence-electron chi connectivity index (χ2n) is 2.86. The Kier molecular flexibility index (Phi) is 3.79. The topological polar surface area (TPSA) is 43.4 Å². The van der Waals surface area contributed by atoms with E-state index >= 15 is 0 Å². The number of esters is 2. The Morgan fingerprint density at radius 1 is 0.889 bits per heavy atom. The molecular formula is C10H3F5O3. The molecule has 0 aliphatic heterocycles. The van der Waals surface area contributed by atoms with Crippen LogP contribution in [0.15, 0.2) is 12.7 Å². The molecule has 0 bridgehead atoms. The van der Waals surface area contributed by atoms with E-state index in [4.69, 9.17) is 0 Å². The van der Waals surface area contributed by atoms with Crippen molar-refractivity contribution in [2.24, 2.45) is 0 Å². The Balaban J connectivity index is 3.37. The van der Waals surface area contributed by atoms with Crippen molar-refractivity contribution in [1.29, 1.82) is 0 Å². The van der Waals surface area contributed by atoms with Crippen LogP contribution in [0.3, 0.4) is 0 Å². The molecule has 0 radical (unpaired) electrons. The number of benzene rings is 1. The van der Waals surface area contributed by atoms with Crippen molar-refractivity contribution in [3.8, 4) is 0 Å². The summed E-state index contributed by atoms with van der Waals surface area (Å²) in [5, 5.41) is 0. The maximum absolute atomic E-state index is 13.0. The van der Waals surface area contributed by atoms with Crippen molar-refractivity contribution < 1.29 is 36.3 Å². The summed E-state index contributed by atoms with van der Waals surface area (Å²) in [6.45, 7) is 2.88. The summed E-state index contributed by atoms with van der Waals surface area (Å²) in [7, 11) is 0. The monoisotopic (exact) mass is 266 g/mol. The van der Waals surface area contributed by atoms with Crippen molar-refractivity contribution in [1.82, 2.24) is 0 Å². The molecule has 18 heavy (non-hydrogen) atoms. The summed E-state index contributed by atoms with van der Waals surface area (Å²) >= 11 is 0. The lowest BCUT2D eigenvalue weighted by Crippen LogP contribution is -2.17. The molecule has 0 amide bonds. The third kappa shape index (κ3) is 2.22. The van der Waals surface area contributed by atoms with Gasteiger partial charge in [0.25, 0.3) is 0 Å². The zero-order chi connectivity index (χ0) is 14.0. The van der Waals surface area contributed by atoms with Crippen LogP contribution in [0.2, 0.25) is 0 Å². The van der Waals surface area contributed by atoms with Gasteiger partial charge >= 0.3 is 11.9 Å². The zero-order valence-corrected chi connectivity index (χ0v) is 8.40. The van der Waals surface area contributed by atoms with Gasteiger partial charge in [0.1, 0.15) is 5.56 Å². The van der Waals surface area contributed by atoms with Gasteiger partial charge in [0.05, 0.1) is 0 Å². The van der Waals surface area contributed by atoms with E-state index in [-0.39, 0.29) is 0 Å². The summed E-state index contributed by atoms with van der Waals surface area (Å²) in [5.41, 5.74) is -1.85. The molecule has 3 nitrogen and oxygen atoms in total. The molecule has 96 valence electrons. The lowest BCUT2D eigenvalue weighted by Gasteiger charge is -2.06. The predicted octanol–water partition coefficient (Wildman–Crippen LogP) is 2.25.